The maximum atomic E-state index is 13.3. The molecule has 252 valence electrons. The van der Waals surface area contributed by atoms with E-state index in [1.807, 2.05) is 0 Å². The number of fused-ring (bicyclic) bond motifs is 3. The Hall–Kier alpha value is -3.97. The van der Waals surface area contributed by atoms with Crippen LogP contribution < -0.4 is 23.7 Å². The number of hydrogen-bond acceptors (Lipinski definition) is 16. The minimum absolute atomic E-state index is 0.0132. The van der Waals surface area contributed by atoms with Crippen LogP contribution in [0, 0.1) is 0 Å². The van der Waals surface area contributed by atoms with Crippen LogP contribution in [0.2, 0.25) is 0 Å². The maximum absolute atomic E-state index is 13.3. The third-order valence-electron chi connectivity index (χ3n) is 8.64. The van der Waals surface area contributed by atoms with Crippen molar-refractivity contribution in [3.8, 4) is 39.9 Å². The number of methoxy groups -OCH3 is 1. The van der Waals surface area contributed by atoms with E-state index in [0.717, 1.165) is 0 Å². The van der Waals surface area contributed by atoms with E-state index in [-0.39, 0.29) is 53.8 Å². The third kappa shape index (κ3) is 5.27. The Morgan fingerprint density at radius 1 is 0.787 bits per heavy atom. The van der Waals surface area contributed by atoms with E-state index in [1.165, 1.54) is 19.2 Å². The number of cyclic esters (lactones) is 1. The van der Waals surface area contributed by atoms with Gasteiger partial charge in [0.25, 0.3) is 0 Å². The predicted octanol–water partition coefficient (Wildman–Crippen LogP) is -1.09. The number of carbonyl (C=O) groups excluding carboxylic acids is 1. The van der Waals surface area contributed by atoms with Gasteiger partial charge < -0.3 is 73.6 Å². The van der Waals surface area contributed by atoms with Crippen LogP contribution in [-0.2, 0) is 20.8 Å². The smallest absolute Gasteiger partial charge is 0.339 e. The van der Waals surface area contributed by atoms with E-state index in [4.69, 9.17) is 37.9 Å². The van der Waals surface area contributed by atoms with Crippen molar-refractivity contribution in [2.75, 3.05) is 27.1 Å². The molecule has 0 saturated carbocycles. The van der Waals surface area contributed by atoms with Crippen molar-refractivity contribution in [2.45, 2.75) is 61.9 Å². The SMILES string of the molecule is COc1cc2c(-c3ccc4c(c3)OCO4)c3c(c(O[C@@H]4OC[C@H](O)[C@H](O)[C@H]4O)c2cc1O[C@@H]1O[C@H](CO)[C@@H](O)[C@H](O)[C@H]1O)COC3=O. The van der Waals surface area contributed by atoms with Crippen molar-refractivity contribution >= 4 is 16.7 Å². The second kappa shape index (κ2) is 12.2. The number of carbonyl (C=O) groups is 1. The first-order chi connectivity index (χ1) is 22.6. The zero-order valence-corrected chi connectivity index (χ0v) is 24.7. The Labute approximate surface area is 265 Å². The summed E-state index contributed by atoms with van der Waals surface area (Å²) >= 11 is 0. The van der Waals surface area contributed by atoms with Gasteiger partial charge in [-0.25, -0.2) is 4.79 Å². The summed E-state index contributed by atoms with van der Waals surface area (Å²) in [4.78, 5) is 13.3. The van der Waals surface area contributed by atoms with Gasteiger partial charge in [-0.1, -0.05) is 6.07 Å². The van der Waals surface area contributed by atoms with E-state index >= 15 is 0 Å². The molecule has 7 N–H and O–H groups in total. The number of hydrogen-bond donors (Lipinski definition) is 7. The third-order valence-corrected chi connectivity index (χ3v) is 8.64. The van der Waals surface area contributed by atoms with Gasteiger partial charge in [-0.15, -0.1) is 0 Å². The molecule has 0 spiro atoms. The van der Waals surface area contributed by atoms with E-state index in [0.29, 0.717) is 28.0 Å². The summed E-state index contributed by atoms with van der Waals surface area (Å²) in [5, 5.41) is 72.5. The number of rotatable bonds is 7. The van der Waals surface area contributed by atoms with E-state index < -0.39 is 67.9 Å². The van der Waals surface area contributed by atoms with Gasteiger partial charge in [-0.05, 0) is 35.2 Å². The summed E-state index contributed by atoms with van der Waals surface area (Å²) in [6, 6.07) is 8.09. The van der Waals surface area contributed by atoms with Gasteiger partial charge in [0, 0.05) is 16.5 Å². The summed E-state index contributed by atoms with van der Waals surface area (Å²) in [5.41, 5.74) is 1.36. The lowest BCUT2D eigenvalue weighted by molar-refractivity contribution is -0.277. The minimum Gasteiger partial charge on any atom is -0.493 e. The topological polar surface area (TPSA) is 233 Å². The van der Waals surface area contributed by atoms with Gasteiger partial charge in [-0.2, -0.15) is 0 Å². The predicted molar refractivity (Wildman–Crippen MR) is 154 cm³/mol. The molecule has 47 heavy (non-hydrogen) atoms. The molecule has 7 rings (SSSR count). The number of aliphatic hydroxyl groups excluding tert-OH is 7. The highest BCUT2D eigenvalue weighted by atomic mass is 16.7. The molecule has 9 atom stereocenters. The quantitative estimate of drug-likeness (QED) is 0.149. The molecule has 0 amide bonds. The van der Waals surface area contributed by atoms with Crippen molar-refractivity contribution in [3.05, 3.63) is 41.5 Å². The molecule has 4 aliphatic heterocycles. The number of benzene rings is 3. The van der Waals surface area contributed by atoms with Gasteiger partial charge in [0.15, 0.2) is 23.0 Å². The summed E-state index contributed by atoms with van der Waals surface area (Å²) in [7, 11) is 1.35. The lowest BCUT2D eigenvalue weighted by Gasteiger charge is -2.39. The lowest BCUT2D eigenvalue weighted by atomic mass is 9.89. The second-order valence-electron chi connectivity index (χ2n) is 11.4. The molecule has 3 aromatic carbocycles. The largest absolute Gasteiger partial charge is 0.493 e. The van der Waals surface area contributed by atoms with Crippen LogP contribution in [0.3, 0.4) is 0 Å². The van der Waals surface area contributed by atoms with Crippen molar-refractivity contribution in [1.29, 1.82) is 0 Å². The highest BCUT2D eigenvalue weighted by Gasteiger charge is 2.45. The first kappa shape index (κ1) is 31.6. The Morgan fingerprint density at radius 2 is 1.53 bits per heavy atom. The highest BCUT2D eigenvalue weighted by molar-refractivity contribution is 6.14. The van der Waals surface area contributed by atoms with E-state index in [9.17, 15) is 40.5 Å². The average molecular weight is 661 g/mol. The van der Waals surface area contributed by atoms with Crippen molar-refractivity contribution in [2.24, 2.45) is 0 Å². The Bertz CT molecular complexity index is 1690. The molecule has 16 heteroatoms. The Morgan fingerprint density at radius 3 is 2.30 bits per heavy atom. The zero-order valence-electron chi connectivity index (χ0n) is 24.7. The molecule has 2 saturated heterocycles. The van der Waals surface area contributed by atoms with E-state index in [1.54, 1.807) is 18.2 Å². The van der Waals surface area contributed by atoms with Gasteiger partial charge in [0.05, 0.1) is 25.9 Å². The molecule has 4 heterocycles. The van der Waals surface area contributed by atoms with Crippen molar-refractivity contribution in [3.63, 3.8) is 0 Å². The molecule has 16 nitrogen and oxygen atoms in total. The molecule has 0 unspecified atom stereocenters. The van der Waals surface area contributed by atoms with Gasteiger partial charge >= 0.3 is 5.97 Å². The van der Waals surface area contributed by atoms with Crippen LogP contribution in [-0.4, -0.2) is 124 Å². The minimum atomic E-state index is -1.74. The highest BCUT2D eigenvalue weighted by Crippen LogP contribution is 2.50. The number of ether oxygens (including phenoxy) is 8. The molecule has 0 bridgehead atoms. The lowest BCUT2D eigenvalue weighted by Crippen LogP contribution is -2.60. The first-order valence-electron chi connectivity index (χ1n) is 14.7. The van der Waals surface area contributed by atoms with Crippen LogP contribution in [0.1, 0.15) is 15.9 Å². The van der Waals surface area contributed by atoms with Gasteiger partial charge in [-0.3, -0.25) is 0 Å². The zero-order chi connectivity index (χ0) is 33.1. The summed E-state index contributed by atoms with van der Waals surface area (Å²) in [6.45, 7) is -1.25. The number of aliphatic hydroxyl groups is 7. The summed E-state index contributed by atoms with van der Waals surface area (Å²) in [5.74, 6) is 0.337. The normalized spacial score (nSPS) is 31.4. The van der Waals surface area contributed by atoms with Gasteiger partial charge in [0.2, 0.25) is 19.4 Å². The van der Waals surface area contributed by atoms with Crippen LogP contribution in [0.15, 0.2) is 30.3 Å². The summed E-state index contributed by atoms with van der Waals surface area (Å²) < 4.78 is 45.3. The maximum Gasteiger partial charge on any atom is 0.339 e. The van der Waals surface area contributed by atoms with E-state index in [2.05, 4.69) is 0 Å². The molecular weight excluding hydrogens is 628 g/mol. The molecule has 0 radical (unpaired) electrons. The average Bonchev–Trinajstić information content (AvgIpc) is 3.71. The molecule has 2 fully saturated rings. The fourth-order valence-corrected chi connectivity index (χ4v) is 6.12. The fraction of sp³-hybridized carbons (Fsp3) is 0.452. The van der Waals surface area contributed by atoms with Crippen LogP contribution in [0.25, 0.3) is 21.9 Å². The van der Waals surface area contributed by atoms with Gasteiger partial charge in [0.1, 0.15) is 55.1 Å². The molecule has 0 aromatic heterocycles. The fourth-order valence-electron chi connectivity index (χ4n) is 6.12. The standard InChI is InChI=1S/C31H32O16/c1-40-17-5-12-13(6-19(17)45-31-27(38)25(36)24(35)20(7-32)46-31)28(47-30-26(37)23(34)15(33)9-42-30)14-8-41-29(39)22(14)21(12)11-2-3-16-18(4-11)44-10-43-16/h2-6,15,20,23-27,30-38H,7-10H2,1H3/t15-,20+,23-,24+,25-,26+,27+,30-,31+/m0/s1. The second-order valence-corrected chi connectivity index (χ2v) is 11.4. The monoisotopic (exact) mass is 660 g/mol. The van der Waals surface area contributed by atoms with Crippen LogP contribution in [0.5, 0.6) is 28.7 Å². The van der Waals surface area contributed by atoms with Crippen molar-refractivity contribution in [1.82, 2.24) is 0 Å². The van der Waals surface area contributed by atoms with Crippen LogP contribution >= 0.6 is 0 Å². The molecule has 4 aliphatic rings. The number of esters is 1. The first-order valence-corrected chi connectivity index (χ1v) is 14.7. The Balaban J connectivity index is 1.42. The summed E-state index contributed by atoms with van der Waals surface area (Å²) in [6.07, 6.45) is -14.0. The molecule has 0 aliphatic carbocycles. The Kier molecular flexibility index (Phi) is 8.23. The molecule has 3 aromatic rings. The van der Waals surface area contributed by atoms with Crippen molar-refractivity contribution < 1.29 is 78.4 Å². The van der Waals surface area contributed by atoms with Crippen LogP contribution in [0.4, 0.5) is 0 Å². The molecular formula is C31H32O16.